The lowest BCUT2D eigenvalue weighted by Crippen LogP contribution is -2.28. The third kappa shape index (κ3) is 3.56. The molecule has 0 spiro atoms. The Morgan fingerprint density at radius 2 is 2.13 bits per heavy atom. The minimum atomic E-state index is -0.360. The second-order valence-electron chi connectivity index (χ2n) is 5.48. The highest BCUT2D eigenvalue weighted by Gasteiger charge is 2.35. The summed E-state index contributed by atoms with van der Waals surface area (Å²) in [5.74, 6) is -0.558. The molecule has 2 amide bonds. The van der Waals surface area contributed by atoms with Gasteiger partial charge in [-0.25, -0.2) is 0 Å². The van der Waals surface area contributed by atoms with Crippen molar-refractivity contribution in [3.8, 4) is 0 Å². The first-order valence-corrected chi connectivity index (χ1v) is 8.47. The van der Waals surface area contributed by atoms with Crippen LogP contribution in [0.3, 0.4) is 0 Å². The molecular formula is C16H18N4O2S. The number of benzene rings is 1. The number of carbonyl (C=O) groups excluding carboxylic acids is 2. The van der Waals surface area contributed by atoms with Crippen molar-refractivity contribution in [2.75, 3.05) is 16.8 Å². The van der Waals surface area contributed by atoms with Crippen molar-refractivity contribution in [2.24, 2.45) is 5.92 Å². The van der Waals surface area contributed by atoms with E-state index < -0.39 is 0 Å². The Balaban J connectivity index is 1.63. The summed E-state index contributed by atoms with van der Waals surface area (Å²) >= 11 is 1.39. The molecule has 1 aromatic carbocycles. The van der Waals surface area contributed by atoms with Gasteiger partial charge in [0.1, 0.15) is 5.01 Å². The molecular weight excluding hydrogens is 312 g/mol. The van der Waals surface area contributed by atoms with Gasteiger partial charge >= 0.3 is 0 Å². The first-order valence-electron chi connectivity index (χ1n) is 7.66. The van der Waals surface area contributed by atoms with Gasteiger partial charge in [-0.1, -0.05) is 36.5 Å². The number of nitrogens with zero attached hydrogens (tertiary/aromatic N) is 3. The van der Waals surface area contributed by atoms with Crippen molar-refractivity contribution in [1.82, 2.24) is 10.2 Å². The van der Waals surface area contributed by atoms with Gasteiger partial charge in [-0.15, -0.1) is 10.2 Å². The summed E-state index contributed by atoms with van der Waals surface area (Å²) < 4.78 is 0. The molecule has 1 saturated heterocycles. The summed E-state index contributed by atoms with van der Waals surface area (Å²) in [7, 11) is 0. The van der Waals surface area contributed by atoms with Crippen molar-refractivity contribution in [1.29, 1.82) is 0 Å². The van der Waals surface area contributed by atoms with Crippen LogP contribution >= 0.6 is 11.3 Å². The van der Waals surface area contributed by atoms with Crippen molar-refractivity contribution in [2.45, 2.75) is 26.2 Å². The zero-order chi connectivity index (χ0) is 16.2. The molecule has 3 rings (SSSR count). The Labute approximate surface area is 138 Å². The average molecular weight is 330 g/mol. The summed E-state index contributed by atoms with van der Waals surface area (Å²) in [6.45, 7) is 2.47. The number of aromatic nitrogens is 2. The lowest BCUT2D eigenvalue weighted by molar-refractivity contribution is -0.122. The number of aryl methyl sites for hydroxylation is 1. The fraction of sp³-hybridized carbons (Fsp3) is 0.375. The Morgan fingerprint density at radius 3 is 2.87 bits per heavy atom. The Hall–Kier alpha value is -2.28. The molecule has 7 heteroatoms. The predicted molar refractivity (Wildman–Crippen MR) is 89.4 cm³/mol. The number of rotatable bonds is 5. The number of amides is 2. The van der Waals surface area contributed by atoms with Gasteiger partial charge in [0.05, 0.1) is 5.92 Å². The lowest BCUT2D eigenvalue weighted by Gasteiger charge is -2.16. The Kier molecular flexibility index (Phi) is 4.66. The zero-order valence-corrected chi connectivity index (χ0v) is 13.7. The number of para-hydroxylation sites is 1. The first-order chi connectivity index (χ1) is 11.2. The second-order valence-corrected chi connectivity index (χ2v) is 6.54. The fourth-order valence-corrected chi connectivity index (χ4v) is 3.41. The standard InChI is InChI=1S/C16H18N4O2S/c1-2-6-13-18-19-16(23-13)17-15(22)11-9-14(21)20(10-11)12-7-4-3-5-8-12/h3-5,7-8,11H,2,6,9-10H2,1H3,(H,17,19,22)/t11-/m1/s1. The molecule has 23 heavy (non-hydrogen) atoms. The number of hydrogen-bond acceptors (Lipinski definition) is 5. The molecule has 0 aliphatic carbocycles. The highest BCUT2D eigenvalue weighted by atomic mass is 32.1. The molecule has 0 unspecified atom stereocenters. The molecule has 1 fully saturated rings. The maximum Gasteiger partial charge on any atom is 0.231 e. The van der Waals surface area contributed by atoms with E-state index in [-0.39, 0.29) is 24.2 Å². The van der Waals surface area contributed by atoms with Gasteiger partial charge in [0, 0.05) is 25.1 Å². The minimum Gasteiger partial charge on any atom is -0.312 e. The SMILES string of the molecule is CCCc1nnc(NC(=O)[C@@H]2CC(=O)N(c3ccccc3)C2)s1. The van der Waals surface area contributed by atoms with E-state index in [0.717, 1.165) is 23.5 Å². The molecule has 6 nitrogen and oxygen atoms in total. The normalized spacial score (nSPS) is 17.5. The molecule has 2 heterocycles. The van der Waals surface area contributed by atoms with Gasteiger partial charge in [-0.2, -0.15) is 0 Å². The molecule has 0 saturated carbocycles. The topological polar surface area (TPSA) is 75.2 Å². The molecule has 0 radical (unpaired) electrons. The number of hydrogen-bond donors (Lipinski definition) is 1. The van der Waals surface area contributed by atoms with E-state index in [4.69, 9.17) is 0 Å². The van der Waals surface area contributed by atoms with Crippen LogP contribution in [0.15, 0.2) is 30.3 Å². The monoisotopic (exact) mass is 330 g/mol. The molecule has 0 bridgehead atoms. The van der Waals surface area contributed by atoms with Crippen LogP contribution in [0.1, 0.15) is 24.8 Å². The van der Waals surface area contributed by atoms with E-state index in [2.05, 4.69) is 22.4 Å². The summed E-state index contributed by atoms with van der Waals surface area (Å²) in [5, 5.41) is 12.2. The average Bonchev–Trinajstić information content (AvgIpc) is 3.15. The maximum absolute atomic E-state index is 12.4. The largest absolute Gasteiger partial charge is 0.312 e. The molecule has 1 atom stereocenters. The number of anilines is 2. The fourth-order valence-electron chi connectivity index (χ4n) is 2.57. The molecule has 1 N–H and O–H groups in total. The van der Waals surface area contributed by atoms with Crippen LogP contribution in [0.2, 0.25) is 0 Å². The quantitative estimate of drug-likeness (QED) is 0.914. The Bertz CT molecular complexity index is 701. The molecule has 1 aliphatic heterocycles. The molecule has 1 aromatic heterocycles. The van der Waals surface area contributed by atoms with Crippen molar-refractivity contribution < 1.29 is 9.59 Å². The second kappa shape index (κ2) is 6.87. The van der Waals surface area contributed by atoms with Crippen LogP contribution in [0.4, 0.5) is 10.8 Å². The smallest absolute Gasteiger partial charge is 0.231 e. The van der Waals surface area contributed by atoms with Gasteiger partial charge < -0.3 is 10.2 Å². The molecule has 2 aromatic rings. The van der Waals surface area contributed by atoms with E-state index in [0.29, 0.717) is 11.7 Å². The van der Waals surface area contributed by atoms with Crippen molar-refractivity contribution in [3.63, 3.8) is 0 Å². The Morgan fingerprint density at radius 1 is 1.35 bits per heavy atom. The van der Waals surface area contributed by atoms with E-state index >= 15 is 0 Å². The van der Waals surface area contributed by atoms with Crippen LogP contribution in [0.25, 0.3) is 0 Å². The maximum atomic E-state index is 12.4. The number of nitrogens with one attached hydrogen (secondary N) is 1. The summed E-state index contributed by atoms with van der Waals surface area (Å²) in [6.07, 6.45) is 2.07. The van der Waals surface area contributed by atoms with E-state index in [9.17, 15) is 9.59 Å². The highest BCUT2D eigenvalue weighted by Crippen LogP contribution is 2.26. The first kappa shape index (κ1) is 15.6. The van der Waals surface area contributed by atoms with Crippen LogP contribution in [-0.2, 0) is 16.0 Å². The summed E-state index contributed by atoms with van der Waals surface area (Å²) in [4.78, 5) is 26.2. The third-order valence-electron chi connectivity index (χ3n) is 3.72. The number of carbonyl (C=O) groups is 2. The van der Waals surface area contributed by atoms with Crippen LogP contribution in [0, 0.1) is 5.92 Å². The highest BCUT2D eigenvalue weighted by molar-refractivity contribution is 7.15. The van der Waals surface area contributed by atoms with Crippen LogP contribution in [0.5, 0.6) is 0 Å². The van der Waals surface area contributed by atoms with E-state index in [1.54, 1.807) is 4.90 Å². The van der Waals surface area contributed by atoms with Crippen LogP contribution < -0.4 is 10.2 Å². The van der Waals surface area contributed by atoms with Gasteiger partial charge in [0.25, 0.3) is 0 Å². The summed E-state index contributed by atoms with van der Waals surface area (Å²) in [6, 6.07) is 9.41. The van der Waals surface area contributed by atoms with Gasteiger partial charge in [0.2, 0.25) is 16.9 Å². The van der Waals surface area contributed by atoms with Crippen molar-refractivity contribution >= 4 is 34.0 Å². The third-order valence-corrected chi connectivity index (χ3v) is 4.62. The van der Waals surface area contributed by atoms with E-state index in [1.165, 1.54) is 11.3 Å². The van der Waals surface area contributed by atoms with Gasteiger partial charge in [0.15, 0.2) is 0 Å². The van der Waals surface area contributed by atoms with Gasteiger partial charge in [-0.05, 0) is 18.6 Å². The molecule has 120 valence electrons. The predicted octanol–water partition coefficient (Wildman–Crippen LogP) is 2.48. The van der Waals surface area contributed by atoms with E-state index in [1.807, 2.05) is 30.3 Å². The van der Waals surface area contributed by atoms with Crippen molar-refractivity contribution in [3.05, 3.63) is 35.3 Å². The molecule has 1 aliphatic rings. The lowest BCUT2D eigenvalue weighted by atomic mass is 10.1. The van der Waals surface area contributed by atoms with Gasteiger partial charge in [-0.3, -0.25) is 9.59 Å². The zero-order valence-electron chi connectivity index (χ0n) is 12.9. The summed E-state index contributed by atoms with van der Waals surface area (Å²) in [5.41, 5.74) is 0.828. The van der Waals surface area contributed by atoms with Crippen LogP contribution in [-0.4, -0.2) is 28.6 Å². The minimum absolute atomic E-state index is 0.0275.